The molecule has 2 aromatic rings. The zero-order valence-electron chi connectivity index (χ0n) is 10.1. The van der Waals surface area contributed by atoms with Crippen LogP contribution in [0, 0.1) is 0 Å². The van der Waals surface area contributed by atoms with Crippen LogP contribution in [0.4, 0.5) is 0 Å². The molecule has 0 saturated carbocycles. The molecule has 4 heteroatoms. The molecule has 3 rings (SSSR count). The van der Waals surface area contributed by atoms with Gasteiger partial charge in [0.15, 0.2) is 0 Å². The molecule has 3 heterocycles. The standard InChI is InChI=1S/C13H18N4/c1-17-9-12(11-4-7-15-8-11)13(16-17)10-2-5-14-6-3-10/h4,7-10,14-15H,2-3,5-6H2,1H3. The summed E-state index contributed by atoms with van der Waals surface area (Å²) in [5, 5.41) is 8.07. The highest BCUT2D eigenvalue weighted by molar-refractivity contribution is 5.65. The van der Waals surface area contributed by atoms with E-state index < -0.39 is 0 Å². The van der Waals surface area contributed by atoms with Crippen LogP contribution in [0.1, 0.15) is 24.5 Å². The van der Waals surface area contributed by atoms with Gasteiger partial charge < -0.3 is 10.3 Å². The van der Waals surface area contributed by atoms with Gasteiger partial charge in [0, 0.05) is 42.7 Å². The number of nitrogens with one attached hydrogen (secondary N) is 2. The minimum absolute atomic E-state index is 0.599. The number of aromatic amines is 1. The van der Waals surface area contributed by atoms with Crippen molar-refractivity contribution in [1.29, 1.82) is 0 Å². The van der Waals surface area contributed by atoms with Gasteiger partial charge in [0.2, 0.25) is 0 Å². The molecule has 2 N–H and O–H groups in total. The Bertz CT molecular complexity index is 477. The van der Waals surface area contributed by atoms with Gasteiger partial charge in [-0.05, 0) is 32.0 Å². The summed E-state index contributed by atoms with van der Waals surface area (Å²) in [7, 11) is 2.00. The molecule has 1 aliphatic heterocycles. The molecule has 17 heavy (non-hydrogen) atoms. The zero-order chi connectivity index (χ0) is 11.7. The molecule has 0 amide bonds. The Morgan fingerprint density at radius 3 is 2.88 bits per heavy atom. The summed E-state index contributed by atoms with van der Waals surface area (Å²) in [4.78, 5) is 3.12. The number of rotatable bonds is 2. The molecule has 0 aliphatic carbocycles. The highest BCUT2D eigenvalue weighted by Gasteiger charge is 2.22. The molecule has 1 aliphatic rings. The van der Waals surface area contributed by atoms with E-state index in [0.717, 1.165) is 13.1 Å². The van der Waals surface area contributed by atoms with E-state index in [-0.39, 0.29) is 0 Å². The van der Waals surface area contributed by atoms with Crippen molar-refractivity contribution in [3.8, 4) is 11.1 Å². The fraction of sp³-hybridized carbons (Fsp3) is 0.462. The second-order valence-electron chi connectivity index (χ2n) is 4.73. The largest absolute Gasteiger partial charge is 0.367 e. The van der Waals surface area contributed by atoms with Gasteiger partial charge in [0.25, 0.3) is 0 Å². The Morgan fingerprint density at radius 1 is 1.35 bits per heavy atom. The average Bonchev–Trinajstić information content (AvgIpc) is 2.98. The lowest BCUT2D eigenvalue weighted by Crippen LogP contribution is -2.27. The number of aryl methyl sites for hydroxylation is 1. The number of nitrogens with zero attached hydrogens (tertiary/aromatic N) is 2. The number of hydrogen-bond donors (Lipinski definition) is 2. The number of H-pyrrole nitrogens is 1. The van der Waals surface area contributed by atoms with Gasteiger partial charge in [-0.15, -0.1) is 0 Å². The maximum absolute atomic E-state index is 4.67. The van der Waals surface area contributed by atoms with Gasteiger partial charge >= 0.3 is 0 Å². The lowest BCUT2D eigenvalue weighted by atomic mass is 9.91. The average molecular weight is 230 g/mol. The van der Waals surface area contributed by atoms with Crippen molar-refractivity contribution in [3.05, 3.63) is 30.4 Å². The summed E-state index contributed by atoms with van der Waals surface area (Å²) in [6.07, 6.45) is 8.51. The maximum Gasteiger partial charge on any atom is 0.0735 e. The maximum atomic E-state index is 4.67. The van der Waals surface area contributed by atoms with E-state index in [1.54, 1.807) is 0 Å². The summed E-state index contributed by atoms with van der Waals surface area (Å²) in [6.45, 7) is 2.21. The van der Waals surface area contributed by atoms with Crippen molar-refractivity contribution >= 4 is 0 Å². The van der Waals surface area contributed by atoms with Gasteiger partial charge in [-0.1, -0.05) is 0 Å². The van der Waals surface area contributed by atoms with Crippen molar-refractivity contribution in [1.82, 2.24) is 20.1 Å². The predicted molar refractivity (Wildman–Crippen MR) is 67.8 cm³/mol. The van der Waals surface area contributed by atoms with E-state index >= 15 is 0 Å². The summed E-state index contributed by atoms with van der Waals surface area (Å²) in [5.74, 6) is 0.599. The smallest absolute Gasteiger partial charge is 0.0735 e. The third-order valence-corrected chi connectivity index (χ3v) is 3.49. The molecule has 0 bridgehead atoms. The van der Waals surface area contributed by atoms with Crippen LogP contribution in [-0.2, 0) is 7.05 Å². The minimum atomic E-state index is 0.599. The predicted octanol–water partition coefficient (Wildman–Crippen LogP) is 1.88. The first-order valence-corrected chi connectivity index (χ1v) is 6.22. The molecule has 1 fully saturated rings. The molecule has 4 nitrogen and oxygen atoms in total. The summed E-state index contributed by atoms with van der Waals surface area (Å²) >= 11 is 0. The van der Waals surface area contributed by atoms with E-state index in [1.807, 2.05) is 24.1 Å². The second-order valence-corrected chi connectivity index (χ2v) is 4.73. The van der Waals surface area contributed by atoms with Crippen LogP contribution < -0.4 is 5.32 Å². The van der Waals surface area contributed by atoms with E-state index in [4.69, 9.17) is 0 Å². The van der Waals surface area contributed by atoms with Crippen molar-refractivity contribution in [3.63, 3.8) is 0 Å². The van der Waals surface area contributed by atoms with Crippen molar-refractivity contribution < 1.29 is 0 Å². The first kappa shape index (κ1) is 10.6. The Kier molecular flexibility index (Phi) is 2.73. The fourth-order valence-corrected chi connectivity index (χ4v) is 2.62. The van der Waals surface area contributed by atoms with Crippen molar-refractivity contribution in [2.45, 2.75) is 18.8 Å². The van der Waals surface area contributed by atoms with E-state index in [0.29, 0.717) is 5.92 Å². The van der Waals surface area contributed by atoms with Gasteiger partial charge in [0.1, 0.15) is 0 Å². The normalized spacial score (nSPS) is 17.5. The van der Waals surface area contributed by atoms with Crippen molar-refractivity contribution in [2.24, 2.45) is 7.05 Å². The Hall–Kier alpha value is -1.55. The summed E-state index contributed by atoms with van der Waals surface area (Å²) in [6, 6.07) is 2.11. The first-order valence-electron chi connectivity index (χ1n) is 6.22. The van der Waals surface area contributed by atoms with Crippen LogP contribution in [0.5, 0.6) is 0 Å². The van der Waals surface area contributed by atoms with Gasteiger partial charge in [-0.2, -0.15) is 5.10 Å². The lowest BCUT2D eigenvalue weighted by Gasteiger charge is -2.21. The third kappa shape index (κ3) is 2.00. The van der Waals surface area contributed by atoms with E-state index in [1.165, 1.54) is 29.7 Å². The molecule has 0 atom stereocenters. The first-order chi connectivity index (χ1) is 8.34. The summed E-state index contributed by atoms with van der Waals surface area (Å²) < 4.78 is 1.93. The lowest BCUT2D eigenvalue weighted by molar-refractivity contribution is 0.450. The molecule has 0 spiro atoms. The highest BCUT2D eigenvalue weighted by Crippen LogP contribution is 2.32. The number of aromatic nitrogens is 3. The molecular weight excluding hydrogens is 212 g/mol. The molecule has 2 aromatic heterocycles. The van der Waals surface area contributed by atoms with Crippen LogP contribution in [0.25, 0.3) is 11.1 Å². The fourth-order valence-electron chi connectivity index (χ4n) is 2.62. The van der Waals surface area contributed by atoms with Crippen LogP contribution in [0.2, 0.25) is 0 Å². The molecular formula is C13H18N4. The SMILES string of the molecule is Cn1cc(-c2cc[nH]c2)c(C2CCNCC2)n1. The van der Waals surface area contributed by atoms with Crippen LogP contribution in [0.3, 0.4) is 0 Å². The van der Waals surface area contributed by atoms with Gasteiger partial charge in [0.05, 0.1) is 5.69 Å². The zero-order valence-corrected chi connectivity index (χ0v) is 10.1. The van der Waals surface area contributed by atoms with Crippen molar-refractivity contribution in [2.75, 3.05) is 13.1 Å². The van der Waals surface area contributed by atoms with E-state index in [2.05, 4.69) is 27.7 Å². The topological polar surface area (TPSA) is 45.6 Å². The Labute approximate surface area is 101 Å². The molecule has 0 radical (unpaired) electrons. The van der Waals surface area contributed by atoms with E-state index in [9.17, 15) is 0 Å². The van der Waals surface area contributed by atoms with Crippen LogP contribution in [0.15, 0.2) is 24.7 Å². The van der Waals surface area contributed by atoms with Gasteiger partial charge in [-0.25, -0.2) is 0 Å². The van der Waals surface area contributed by atoms with Crippen LogP contribution >= 0.6 is 0 Å². The monoisotopic (exact) mass is 230 g/mol. The number of piperidine rings is 1. The second kappa shape index (κ2) is 4.37. The molecule has 0 aromatic carbocycles. The molecule has 1 saturated heterocycles. The quantitative estimate of drug-likeness (QED) is 0.827. The minimum Gasteiger partial charge on any atom is -0.367 e. The Balaban J connectivity index is 1.98. The Morgan fingerprint density at radius 2 is 2.18 bits per heavy atom. The molecule has 0 unspecified atom stereocenters. The highest BCUT2D eigenvalue weighted by atomic mass is 15.3. The number of hydrogen-bond acceptors (Lipinski definition) is 2. The van der Waals surface area contributed by atoms with Crippen LogP contribution in [-0.4, -0.2) is 27.9 Å². The third-order valence-electron chi connectivity index (χ3n) is 3.49. The molecule has 90 valence electrons. The summed E-state index contributed by atoms with van der Waals surface area (Å²) in [5.41, 5.74) is 3.78. The van der Waals surface area contributed by atoms with Gasteiger partial charge in [-0.3, -0.25) is 4.68 Å².